The van der Waals surface area contributed by atoms with E-state index in [9.17, 15) is 9.59 Å². The number of halogens is 1. The van der Waals surface area contributed by atoms with Gasteiger partial charge >= 0.3 is 5.69 Å². The molecular weight excluding hydrogens is 362 g/mol. The van der Waals surface area contributed by atoms with Crippen molar-refractivity contribution < 1.29 is 9.84 Å². The van der Waals surface area contributed by atoms with Crippen molar-refractivity contribution >= 4 is 22.8 Å². The molecule has 9 nitrogen and oxygen atoms in total. The van der Waals surface area contributed by atoms with Crippen molar-refractivity contribution in [1.82, 2.24) is 24.1 Å². The summed E-state index contributed by atoms with van der Waals surface area (Å²) >= 11 is 5.86. The highest BCUT2D eigenvalue weighted by molar-refractivity contribution is 6.30. The number of imidazole rings is 1. The Morgan fingerprint density at radius 2 is 2.12 bits per heavy atom. The third kappa shape index (κ3) is 3.49. The zero-order valence-electron chi connectivity index (χ0n) is 14.1. The molecule has 2 N–H and O–H groups in total. The molecule has 0 spiro atoms. The molecule has 0 amide bonds. The fraction of sp³-hybridized carbons (Fsp3) is 0.375. The Morgan fingerprint density at radius 1 is 1.31 bits per heavy atom. The maximum absolute atomic E-state index is 12.8. The van der Waals surface area contributed by atoms with E-state index in [1.807, 2.05) is 0 Å². The smallest absolute Gasteiger partial charge is 0.330 e. The number of pyridine rings is 1. The average molecular weight is 380 g/mol. The van der Waals surface area contributed by atoms with E-state index in [0.717, 1.165) is 4.57 Å². The lowest BCUT2D eigenvalue weighted by Gasteiger charge is -2.09. The summed E-state index contributed by atoms with van der Waals surface area (Å²) in [6.07, 6.45) is 1.80. The minimum absolute atomic E-state index is 0.106. The molecule has 26 heavy (non-hydrogen) atoms. The third-order valence-electron chi connectivity index (χ3n) is 3.77. The number of rotatable bonds is 7. The van der Waals surface area contributed by atoms with Gasteiger partial charge in [-0.15, -0.1) is 0 Å². The van der Waals surface area contributed by atoms with Crippen LogP contribution in [0.2, 0.25) is 5.02 Å². The first-order chi connectivity index (χ1) is 12.5. The second-order valence-corrected chi connectivity index (χ2v) is 5.98. The summed E-state index contributed by atoms with van der Waals surface area (Å²) in [6, 6.07) is 3.65. The maximum Gasteiger partial charge on any atom is 0.330 e. The monoisotopic (exact) mass is 379 g/mol. The molecule has 3 aromatic rings. The lowest BCUT2D eigenvalue weighted by molar-refractivity contribution is 0.278. The number of aliphatic hydroxyl groups excluding tert-OH is 1. The third-order valence-corrected chi connectivity index (χ3v) is 4.00. The van der Waals surface area contributed by atoms with E-state index in [1.54, 1.807) is 23.6 Å². The largest absolute Gasteiger partial charge is 0.465 e. The normalized spacial score (nSPS) is 11.2. The molecule has 0 fully saturated rings. The van der Waals surface area contributed by atoms with Crippen LogP contribution in [0.4, 0.5) is 0 Å². The molecule has 0 saturated heterocycles. The molecular formula is C16H18ClN5O4. The summed E-state index contributed by atoms with van der Waals surface area (Å²) in [6.45, 7) is 2.36. The van der Waals surface area contributed by atoms with Gasteiger partial charge in [0.1, 0.15) is 0 Å². The predicted molar refractivity (Wildman–Crippen MR) is 95.8 cm³/mol. The van der Waals surface area contributed by atoms with E-state index in [2.05, 4.69) is 15.0 Å². The van der Waals surface area contributed by atoms with Crippen molar-refractivity contribution in [1.29, 1.82) is 0 Å². The van der Waals surface area contributed by atoms with Crippen LogP contribution in [-0.4, -0.2) is 42.4 Å². The Balaban J connectivity index is 2.17. The minimum Gasteiger partial charge on any atom is -0.465 e. The average Bonchev–Trinajstić information content (AvgIpc) is 2.94. The van der Waals surface area contributed by atoms with Crippen LogP contribution in [0.3, 0.4) is 0 Å². The van der Waals surface area contributed by atoms with Crippen molar-refractivity contribution in [2.24, 2.45) is 0 Å². The number of aromatic amines is 1. The van der Waals surface area contributed by atoms with Crippen molar-refractivity contribution in [3.8, 4) is 6.01 Å². The number of hydrogen-bond acceptors (Lipinski definition) is 6. The Labute approximate surface area is 152 Å². The quantitative estimate of drug-likeness (QED) is 0.626. The molecule has 138 valence electrons. The fourth-order valence-electron chi connectivity index (χ4n) is 2.61. The van der Waals surface area contributed by atoms with Crippen molar-refractivity contribution in [2.75, 3.05) is 13.2 Å². The van der Waals surface area contributed by atoms with Gasteiger partial charge in [0.25, 0.3) is 11.6 Å². The molecule has 0 unspecified atom stereocenters. The molecule has 10 heteroatoms. The fourth-order valence-corrected chi connectivity index (χ4v) is 2.72. The molecule has 0 saturated carbocycles. The summed E-state index contributed by atoms with van der Waals surface area (Å²) in [5.74, 6) is 0. The van der Waals surface area contributed by atoms with Crippen LogP contribution in [0.15, 0.2) is 27.9 Å². The highest BCUT2D eigenvalue weighted by Crippen LogP contribution is 2.18. The van der Waals surface area contributed by atoms with E-state index < -0.39 is 11.2 Å². The van der Waals surface area contributed by atoms with Crippen molar-refractivity contribution in [2.45, 2.75) is 26.4 Å². The molecule has 0 aromatic carbocycles. The molecule has 0 aliphatic carbocycles. The Hall–Kier alpha value is -2.65. The van der Waals surface area contributed by atoms with Crippen molar-refractivity contribution in [3.05, 3.63) is 49.9 Å². The van der Waals surface area contributed by atoms with Gasteiger partial charge < -0.3 is 9.84 Å². The van der Waals surface area contributed by atoms with Gasteiger partial charge in [0.15, 0.2) is 11.2 Å². The van der Waals surface area contributed by atoms with Gasteiger partial charge in [-0.1, -0.05) is 11.6 Å². The summed E-state index contributed by atoms with van der Waals surface area (Å²) in [4.78, 5) is 36.0. The number of aromatic nitrogens is 5. The molecule has 0 radical (unpaired) electrons. The topological polar surface area (TPSA) is 115 Å². The van der Waals surface area contributed by atoms with Crippen LogP contribution in [0.25, 0.3) is 11.2 Å². The molecule has 3 aromatic heterocycles. The number of nitrogens with zero attached hydrogens (tertiary/aromatic N) is 4. The molecule has 0 aliphatic heterocycles. The van der Waals surface area contributed by atoms with E-state index >= 15 is 0 Å². The van der Waals surface area contributed by atoms with E-state index in [0.29, 0.717) is 23.7 Å². The zero-order valence-corrected chi connectivity index (χ0v) is 14.9. The first kappa shape index (κ1) is 18.2. The minimum atomic E-state index is -0.576. The molecule has 3 heterocycles. The highest BCUT2D eigenvalue weighted by Gasteiger charge is 2.19. The standard InChI is InChI=1S/C16H18ClN5O4/c1-2-26-16-20-13-12(14(24)21(6-3-7-23)15(25)19-13)22(16)9-11-5-4-10(17)8-18-11/h4-5,8,23H,2-3,6-7,9H2,1H3,(H,19,25). The molecule has 0 bridgehead atoms. The summed E-state index contributed by atoms with van der Waals surface area (Å²) < 4.78 is 8.14. The van der Waals surface area contributed by atoms with Crippen LogP contribution in [-0.2, 0) is 13.1 Å². The predicted octanol–water partition coefficient (Wildman–Crippen LogP) is 0.764. The Bertz CT molecular complexity index is 1020. The maximum atomic E-state index is 12.8. The first-order valence-corrected chi connectivity index (χ1v) is 8.50. The second kappa shape index (κ2) is 7.71. The lowest BCUT2D eigenvalue weighted by atomic mass is 10.3. The van der Waals surface area contributed by atoms with Crippen LogP contribution < -0.4 is 16.0 Å². The van der Waals surface area contributed by atoms with Crippen molar-refractivity contribution in [3.63, 3.8) is 0 Å². The zero-order chi connectivity index (χ0) is 18.7. The number of H-pyrrole nitrogens is 1. The van der Waals surface area contributed by atoms with Gasteiger partial charge in [-0.3, -0.25) is 23.9 Å². The number of aliphatic hydroxyl groups is 1. The lowest BCUT2D eigenvalue weighted by Crippen LogP contribution is -2.36. The van der Waals surface area contributed by atoms with Crippen LogP contribution in [0.5, 0.6) is 6.01 Å². The number of nitrogens with one attached hydrogen (secondary N) is 1. The highest BCUT2D eigenvalue weighted by atomic mass is 35.5. The molecule has 0 aliphatic rings. The van der Waals surface area contributed by atoms with Gasteiger partial charge in [-0.2, -0.15) is 4.98 Å². The Kier molecular flexibility index (Phi) is 5.38. The van der Waals surface area contributed by atoms with Gasteiger partial charge in [0, 0.05) is 19.3 Å². The number of hydrogen-bond donors (Lipinski definition) is 2. The molecule has 0 atom stereocenters. The number of ether oxygens (including phenoxy) is 1. The van der Waals surface area contributed by atoms with E-state index in [1.165, 1.54) is 6.20 Å². The van der Waals surface area contributed by atoms with Crippen LogP contribution in [0, 0.1) is 0 Å². The van der Waals surface area contributed by atoms with Gasteiger partial charge in [-0.25, -0.2) is 4.79 Å². The van der Waals surface area contributed by atoms with Crippen LogP contribution >= 0.6 is 11.6 Å². The van der Waals surface area contributed by atoms with E-state index in [-0.39, 0.29) is 36.9 Å². The van der Waals surface area contributed by atoms with Gasteiger partial charge in [-0.05, 0) is 25.5 Å². The Morgan fingerprint density at radius 3 is 2.77 bits per heavy atom. The molecule has 3 rings (SSSR count). The summed E-state index contributed by atoms with van der Waals surface area (Å²) in [5.41, 5.74) is -0.0551. The summed E-state index contributed by atoms with van der Waals surface area (Å²) in [5, 5.41) is 9.49. The van der Waals surface area contributed by atoms with Gasteiger partial charge in [0.05, 0.1) is 23.9 Å². The second-order valence-electron chi connectivity index (χ2n) is 5.54. The number of fused-ring (bicyclic) bond motifs is 1. The summed E-state index contributed by atoms with van der Waals surface area (Å²) in [7, 11) is 0. The first-order valence-electron chi connectivity index (χ1n) is 8.12. The SMILES string of the molecule is CCOc1nc2[nH]c(=O)n(CCCO)c(=O)c2n1Cc1ccc(Cl)cn1. The van der Waals surface area contributed by atoms with Gasteiger partial charge in [0.2, 0.25) is 0 Å². The van der Waals surface area contributed by atoms with E-state index in [4.69, 9.17) is 21.4 Å². The van der Waals surface area contributed by atoms with Crippen LogP contribution in [0.1, 0.15) is 19.0 Å².